The predicted octanol–water partition coefficient (Wildman–Crippen LogP) is 2.77. The minimum Gasteiger partial charge on any atom is -0.376 e. The second-order valence-electron chi connectivity index (χ2n) is 6.32. The van der Waals surface area contributed by atoms with Crippen molar-refractivity contribution in [2.75, 3.05) is 7.11 Å². The second-order valence-corrected chi connectivity index (χ2v) is 6.32. The molecule has 100 valence electrons. The molecule has 1 rings (SSSR count). The van der Waals surface area contributed by atoms with Crippen LogP contribution in [0.1, 0.15) is 53.4 Å². The summed E-state index contributed by atoms with van der Waals surface area (Å²) in [5.41, 5.74) is 4.49. The van der Waals surface area contributed by atoms with Crippen LogP contribution in [0.3, 0.4) is 0 Å². The van der Waals surface area contributed by atoms with Crippen molar-refractivity contribution in [2.24, 2.45) is 11.3 Å². The lowest BCUT2D eigenvalue weighted by Crippen LogP contribution is -2.55. The molecule has 0 heterocycles. The molecule has 1 atom stereocenters. The van der Waals surface area contributed by atoms with E-state index < -0.39 is 0 Å². The number of methoxy groups -OCH3 is 1. The van der Waals surface area contributed by atoms with Gasteiger partial charge in [0.25, 0.3) is 0 Å². The van der Waals surface area contributed by atoms with E-state index in [1.54, 1.807) is 0 Å². The highest BCUT2D eigenvalue weighted by Gasteiger charge is 2.43. The number of nitrogens with one attached hydrogen (secondary N) is 1. The zero-order valence-electron chi connectivity index (χ0n) is 12.0. The molecule has 17 heavy (non-hydrogen) atoms. The van der Waals surface area contributed by atoms with E-state index in [-0.39, 0.29) is 11.6 Å². The largest absolute Gasteiger partial charge is 0.376 e. The fraction of sp³-hybridized carbons (Fsp3) is 0.857. The Labute approximate surface area is 106 Å². The molecule has 1 saturated carbocycles. The van der Waals surface area contributed by atoms with Crippen LogP contribution in [0.2, 0.25) is 0 Å². The van der Waals surface area contributed by atoms with Crippen LogP contribution in [0.25, 0.3) is 0 Å². The third kappa shape index (κ3) is 3.54. The molecule has 0 amide bonds. The van der Waals surface area contributed by atoms with Crippen molar-refractivity contribution in [1.29, 1.82) is 0 Å². The highest BCUT2D eigenvalue weighted by Crippen LogP contribution is 2.43. The van der Waals surface area contributed by atoms with Gasteiger partial charge in [-0.25, -0.2) is 0 Å². The SMILES string of the molecule is COC1(C(C=C(C)C)NN)CCC(C)(C)CC1. The fourth-order valence-electron chi connectivity index (χ4n) is 2.68. The van der Waals surface area contributed by atoms with Crippen LogP contribution in [0.4, 0.5) is 0 Å². The monoisotopic (exact) mass is 240 g/mol. The zero-order chi connectivity index (χ0) is 13.1. The smallest absolute Gasteiger partial charge is 0.0880 e. The third-order valence-corrected chi connectivity index (χ3v) is 4.10. The maximum Gasteiger partial charge on any atom is 0.0880 e. The molecule has 0 aliphatic heterocycles. The van der Waals surface area contributed by atoms with Crippen LogP contribution in [0.5, 0.6) is 0 Å². The van der Waals surface area contributed by atoms with Gasteiger partial charge in [-0.3, -0.25) is 11.3 Å². The summed E-state index contributed by atoms with van der Waals surface area (Å²) in [5.74, 6) is 5.71. The first-order valence-corrected chi connectivity index (χ1v) is 6.51. The zero-order valence-corrected chi connectivity index (χ0v) is 12.0. The molecule has 1 aliphatic rings. The van der Waals surface area contributed by atoms with E-state index in [0.29, 0.717) is 5.41 Å². The summed E-state index contributed by atoms with van der Waals surface area (Å²) in [6, 6.07) is 0.105. The van der Waals surface area contributed by atoms with E-state index in [0.717, 1.165) is 12.8 Å². The van der Waals surface area contributed by atoms with Crippen LogP contribution in [0.15, 0.2) is 11.6 Å². The molecule has 0 radical (unpaired) electrons. The summed E-state index contributed by atoms with van der Waals surface area (Å²) in [5, 5.41) is 0. The summed E-state index contributed by atoms with van der Waals surface area (Å²) in [4.78, 5) is 0. The number of hydrazine groups is 1. The van der Waals surface area contributed by atoms with Crippen LogP contribution in [0, 0.1) is 5.41 Å². The van der Waals surface area contributed by atoms with Gasteiger partial charge in [-0.1, -0.05) is 25.5 Å². The third-order valence-electron chi connectivity index (χ3n) is 4.10. The Bertz CT molecular complexity index is 270. The van der Waals surface area contributed by atoms with E-state index in [4.69, 9.17) is 10.6 Å². The van der Waals surface area contributed by atoms with E-state index in [9.17, 15) is 0 Å². The highest BCUT2D eigenvalue weighted by molar-refractivity contribution is 5.11. The molecule has 0 aromatic rings. The maximum absolute atomic E-state index is 5.84. The standard InChI is InChI=1S/C14H28N2O/c1-11(2)10-12(16-15)14(17-5)8-6-13(3,4)7-9-14/h10,12,16H,6-9,15H2,1-5H3. The number of hydrogen-bond donors (Lipinski definition) is 2. The number of allylic oxidation sites excluding steroid dienone is 1. The first kappa shape index (κ1) is 14.7. The average molecular weight is 240 g/mol. The molecule has 3 heteroatoms. The summed E-state index contributed by atoms with van der Waals surface area (Å²) in [6.07, 6.45) is 6.69. The first-order valence-electron chi connectivity index (χ1n) is 6.51. The highest BCUT2D eigenvalue weighted by atomic mass is 16.5. The summed E-state index contributed by atoms with van der Waals surface area (Å²) in [6.45, 7) is 8.86. The van der Waals surface area contributed by atoms with Gasteiger partial charge < -0.3 is 4.74 Å². The molecule has 0 aromatic carbocycles. The predicted molar refractivity (Wildman–Crippen MR) is 72.5 cm³/mol. The van der Waals surface area contributed by atoms with Crippen molar-refractivity contribution in [2.45, 2.75) is 65.0 Å². The first-order chi connectivity index (χ1) is 7.85. The van der Waals surface area contributed by atoms with Crippen molar-refractivity contribution in [3.63, 3.8) is 0 Å². The molecule has 1 fully saturated rings. The Kier molecular flexibility index (Phi) is 4.76. The van der Waals surface area contributed by atoms with Crippen molar-refractivity contribution < 1.29 is 4.74 Å². The van der Waals surface area contributed by atoms with E-state index in [1.165, 1.54) is 18.4 Å². The lowest BCUT2D eigenvalue weighted by Gasteiger charge is -2.46. The lowest BCUT2D eigenvalue weighted by molar-refractivity contribution is -0.0762. The van der Waals surface area contributed by atoms with Gasteiger partial charge >= 0.3 is 0 Å². The van der Waals surface area contributed by atoms with Crippen molar-refractivity contribution in [1.82, 2.24) is 5.43 Å². The lowest BCUT2D eigenvalue weighted by atomic mass is 9.68. The van der Waals surface area contributed by atoms with Gasteiger partial charge in [0.2, 0.25) is 0 Å². The maximum atomic E-state index is 5.84. The van der Waals surface area contributed by atoms with E-state index in [2.05, 4.69) is 39.2 Å². The number of nitrogens with two attached hydrogens (primary N) is 1. The molecular formula is C14H28N2O. The molecular weight excluding hydrogens is 212 g/mol. The second kappa shape index (κ2) is 5.51. The van der Waals surface area contributed by atoms with Crippen molar-refractivity contribution >= 4 is 0 Å². The minimum absolute atomic E-state index is 0.105. The number of ether oxygens (including phenoxy) is 1. The Morgan fingerprint density at radius 1 is 1.24 bits per heavy atom. The van der Waals surface area contributed by atoms with Gasteiger partial charge in [0.1, 0.15) is 0 Å². The fourth-order valence-corrected chi connectivity index (χ4v) is 2.68. The summed E-state index contributed by atoms with van der Waals surface area (Å²) in [7, 11) is 1.81. The topological polar surface area (TPSA) is 47.3 Å². The molecule has 3 nitrogen and oxygen atoms in total. The molecule has 0 aromatic heterocycles. The Morgan fingerprint density at radius 2 is 1.76 bits per heavy atom. The molecule has 1 unspecified atom stereocenters. The van der Waals surface area contributed by atoms with Crippen LogP contribution in [-0.2, 0) is 4.74 Å². The summed E-state index contributed by atoms with van der Waals surface area (Å²) >= 11 is 0. The molecule has 0 spiro atoms. The van der Waals surface area contributed by atoms with E-state index in [1.807, 2.05) is 7.11 Å². The van der Waals surface area contributed by atoms with Crippen LogP contribution in [-0.4, -0.2) is 18.8 Å². The van der Waals surface area contributed by atoms with Gasteiger partial charge in [-0.2, -0.15) is 0 Å². The average Bonchev–Trinajstić information content (AvgIpc) is 2.27. The quantitative estimate of drug-likeness (QED) is 0.451. The normalized spacial score (nSPS) is 24.1. The van der Waals surface area contributed by atoms with Crippen LogP contribution < -0.4 is 11.3 Å². The molecule has 3 N–H and O–H groups in total. The van der Waals surface area contributed by atoms with Gasteiger partial charge in [0.05, 0.1) is 11.6 Å². The molecule has 0 saturated heterocycles. The summed E-state index contributed by atoms with van der Waals surface area (Å²) < 4.78 is 5.84. The van der Waals surface area contributed by atoms with Crippen molar-refractivity contribution in [3.8, 4) is 0 Å². The Hall–Kier alpha value is -0.380. The number of hydrogen-bond acceptors (Lipinski definition) is 3. The molecule has 0 bridgehead atoms. The Morgan fingerprint density at radius 3 is 2.12 bits per heavy atom. The van der Waals surface area contributed by atoms with Crippen LogP contribution >= 0.6 is 0 Å². The van der Waals surface area contributed by atoms with E-state index >= 15 is 0 Å². The molecule has 1 aliphatic carbocycles. The van der Waals surface area contributed by atoms with Gasteiger partial charge in [0.15, 0.2) is 0 Å². The van der Waals surface area contributed by atoms with Crippen molar-refractivity contribution in [3.05, 3.63) is 11.6 Å². The van der Waals surface area contributed by atoms with Gasteiger partial charge in [-0.15, -0.1) is 0 Å². The number of rotatable bonds is 4. The minimum atomic E-state index is -0.137. The van der Waals surface area contributed by atoms with Gasteiger partial charge in [0, 0.05) is 7.11 Å². The Balaban J connectivity index is 2.85. The van der Waals surface area contributed by atoms with Gasteiger partial charge in [-0.05, 0) is 44.9 Å².